The van der Waals surface area contributed by atoms with E-state index >= 15 is 0 Å². The van der Waals surface area contributed by atoms with Crippen LogP contribution in [-0.2, 0) is 11.2 Å². The van der Waals surface area contributed by atoms with Crippen LogP contribution in [0, 0.1) is 0 Å². The molecule has 1 saturated heterocycles. The van der Waals surface area contributed by atoms with Crippen LogP contribution in [0.15, 0.2) is 59.7 Å². The van der Waals surface area contributed by atoms with Crippen LogP contribution >= 0.6 is 11.3 Å². The standard InChI is InChI=1S/C22H21N5OS/c28-21(12-16-7-11-29-15-16)26-10-1-2-19(13-26)22-24-20-4-3-18(14-27(20)25-22)17-5-8-23-9-6-17/h3-9,11,14-15,19H,1-2,10,12-13H2/t19-/m1/s1. The number of aromatic nitrogens is 4. The van der Waals surface area contributed by atoms with Gasteiger partial charge in [0.1, 0.15) is 0 Å². The summed E-state index contributed by atoms with van der Waals surface area (Å²) in [7, 11) is 0. The largest absolute Gasteiger partial charge is 0.342 e. The van der Waals surface area contributed by atoms with E-state index in [2.05, 4.69) is 11.1 Å². The first kappa shape index (κ1) is 18.0. The Morgan fingerprint density at radius 2 is 2.03 bits per heavy atom. The number of amides is 1. The maximum Gasteiger partial charge on any atom is 0.227 e. The zero-order chi connectivity index (χ0) is 19.6. The van der Waals surface area contributed by atoms with Crippen molar-refractivity contribution in [2.24, 2.45) is 0 Å². The molecule has 29 heavy (non-hydrogen) atoms. The van der Waals surface area contributed by atoms with Crippen molar-refractivity contribution in [3.63, 3.8) is 0 Å². The van der Waals surface area contributed by atoms with Crippen molar-refractivity contribution < 1.29 is 4.79 Å². The summed E-state index contributed by atoms with van der Waals surface area (Å²) >= 11 is 1.63. The van der Waals surface area contributed by atoms with Crippen molar-refractivity contribution >= 4 is 22.9 Å². The van der Waals surface area contributed by atoms with Crippen LogP contribution in [0.25, 0.3) is 16.8 Å². The molecule has 1 aliphatic heterocycles. The van der Waals surface area contributed by atoms with Gasteiger partial charge >= 0.3 is 0 Å². The third kappa shape index (κ3) is 3.78. The molecule has 146 valence electrons. The Morgan fingerprint density at radius 3 is 2.86 bits per heavy atom. The van der Waals surface area contributed by atoms with Gasteiger partial charge in [0.2, 0.25) is 5.91 Å². The van der Waals surface area contributed by atoms with E-state index < -0.39 is 0 Å². The number of nitrogens with zero attached hydrogens (tertiary/aromatic N) is 5. The van der Waals surface area contributed by atoms with Crippen LogP contribution in [0.5, 0.6) is 0 Å². The molecule has 4 aromatic rings. The van der Waals surface area contributed by atoms with Crippen LogP contribution in [0.1, 0.15) is 30.1 Å². The highest BCUT2D eigenvalue weighted by Crippen LogP contribution is 2.26. The van der Waals surface area contributed by atoms with Crippen molar-refractivity contribution in [3.05, 3.63) is 71.1 Å². The summed E-state index contributed by atoms with van der Waals surface area (Å²) in [5.74, 6) is 1.20. The normalized spacial score (nSPS) is 17.0. The number of hydrogen-bond donors (Lipinski definition) is 0. The predicted octanol–water partition coefficient (Wildman–Crippen LogP) is 3.80. The SMILES string of the molecule is O=C(Cc1ccsc1)N1CCC[C@@H](c2nc3ccc(-c4ccncc4)cn3n2)C1. The molecule has 4 aromatic heterocycles. The molecule has 1 atom stereocenters. The van der Waals surface area contributed by atoms with E-state index in [4.69, 9.17) is 10.1 Å². The van der Waals surface area contributed by atoms with E-state index in [9.17, 15) is 4.79 Å². The number of piperidine rings is 1. The highest BCUT2D eigenvalue weighted by Gasteiger charge is 2.27. The monoisotopic (exact) mass is 403 g/mol. The molecule has 0 aromatic carbocycles. The minimum atomic E-state index is 0.180. The van der Waals surface area contributed by atoms with Gasteiger partial charge < -0.3 is 4.90 Å². The minimum Gasteiger partial charge on any atom is -0.342 e. The molecule has 0 aliphatic carbocycles. The lowest BCUT2D eigenvalue weighted by Crippen LogP contribution is -2.40. The van der Waals surface area contributed by atoms with Gasteiger partial charge in [-0.25, -0.2) is 9.50 Å². The average molecular weight is 404 g/mol. The second kappa shape index (κ2) is 7.75. The zero-order valence-corrected chi connectivity index (χ0v) is 16.8. The fourth-order valence-corrected chi connectivity index (χ4v) is 4.55. The summed E-state index contributed by atoms with van der Waals surface area (Å²) in [5.41, 5.74) is 4.10. The smallest absolute Gasteiger partial charge is 0.227 e. The van der Waals surface area contributed by atoms with Crippen LogP contribution in [0.4, 0.5) is 0 Å². The van der Waals surface area contributed by atoms with Gasteiger partial charge in [0.05, 0.1) is 6.42 Å². The van der Waals surface area contributed by atoms with Crippen LogP contribution in [0.3, 0.4) is 0 Å². The number of hydrogen-bond acceptors (Lipinski definition) is 5. The number of fused-ring (bicyclic) bond motifs is 1. The molecular formula is C22H21N5OS. The molecule has 0 bridgehead atoms. The fourth-order valence-electron chi connectivity index (χ4n) is 3.88. The Morgan fingerprint density at radius 1 is 1.14 bits per heavy atom. The van der Waals surface area contributed by atoms with Gasteiger partial charge in [0.15, 0.2) is 11.5 Å². The van der Waals surface area contributed by atoms with Gasteiger partial charge in [0, 0.05) is 43.2 Å². The first-order chi connectivity index (χ1) is 14.3. The first-order valence-electron chi connectivity index (χ1n) is 9.82. The highest BCUT2D eigenvalue weighted by atomic mass is 32.1. The predicted molar refractivity (Wildman–Crippen MR) is 113 cm³/mol. The Balaban J connectivity index is 1.35. The van der Waals surface area contributed by atoms with Crippen molar-refractivity contribution in [3.8, 4) is 11.1 Å². The number of pyridine rings is 2. The van der Waals surface area contributed by atoms with Gasteiger partial charge in [-0.3, -0.25) is 9.78 Å². The van der Waals surface area contributed by atoms with E-state index in [0.717, 1.165) is 47.5 Å². The molecular weight excluding hydrogens is 382 g/mol. The average Bonchev–Trinajstić information content (AvgIpc) is 3.43. The van der Waals surface area contributed by atoms with Gasteiger partial charge in [-0.05, 0) is 65.1 Å². The summed E-state index contributed by atoms with van der Waals surface area (Å²) < 4.78 is 1.84. The van der Waals surface area contributed by atoms with Gasteiger partial charge in [-0.2, -0.15) is 16.4 Å². The molecule has 1 amide bonds. The van der Waals surface area contributed by atoms with E-state index in [1.165, 1.54) is 0 Å². The molecule has 1 aliphatic rings. The molecule has 0 spiro atoms. The Bertz CT molecular complexity index is 1120. The molecule has 0 unspecified atom stereocenters. The van der Waals surface area contributed by atoms with E-state index in [-0.39, 0.29) is 11.8 Å². The summed E-state index contributed by atoms with van der Waals surface area (Å²) in [6.07, 6.45) is 8.05. The van der Waals surface area contributed by atoms with Crippen molar-refractivity contribution in [1.29, 1.82) is 0 Å². The van der Waals surface area contributed by atoms with Gasteiger partial charge in [0.25, 0.3) is 0 Å². The summed E-state index contributed by atoms with van der Waals surface area (Å²) in [4.78, 5) is 23.5. The lowest BCUT2D eigenvalue weighted by atomic mass is 9.97. The quantitative estimate of drug-likeness (QED) is 0.520. The van der Waals surface area contributed by atoms with E-state index in [1.807, 2.05) is 50.6 Å². The van der Waals surface area contributed by atoms with Crippen molar-refractivity contribution in [2.75, 3.05) is 13.1 Å². The Hall–Kier alpha value is -3.06. The van der Waals surface area contributed by atoms with Gasteiger partial charge in [-0.1, -0.05) is 0 Å². The molecule has 0 N–H and O–H groups in total. The lowest BCUT2D eigenvalue weighted by Gasteiger charge is -2.31. The topological polar surface area (TPSA) is 63.4 Å². The summed E-state index contributed by atoms with van der Waals surface area (Å²) in [5, 5.41) is 8.81. The van der Waals surface area contributed by atoms with Gasteiger partial charge in [-0.15, -0.1) is 0 Å². The van der Waals surface area contributed by atoms with Crippen molar-refractivity contribution in [2.45, 2.75) is 25.2 Å². The minimum absolute atomic E-state index is 0.180. The Kier molecular flexibility index (Phi) is 4.81. The van der Waals surface area contributed by atoms with E-state index in [1.54, 1.807) is 23.7 Å². The number of likely N-dealkylation sites (tertiary alicyclic amines) is 1. The Labute approximate surface area is 172 Å². The molecule has 6 nitrogen and oxygen atoms in total. The second-order valence-corrected chi connectivity index (χ2v) is 8.19. The van der Waals surface area contributed by atoms with Crippen LogP contribution in [-0.4, -0.2) is 43.5 Å². The molecule has 0 radical (unpaired) electrons. The summed E-state index contributed by atoms with van der Waals surface area (Å²) in [6, 6.07) is 10.0. The molecule has 5 rings (SSSR count). The van der Waals surface area contributed by atoms with Crippen molar-refractivity contribution in [1.82, 2.24) is 24.5 Å². The maximum atomic E-state index is 12.7. The van der Waals surface area contributed by atoms with Crippen LogP contribution in [0.2, 0.25) is 0 Å². The first-order valence-corrected chi connectivity index (χ1v) is 10.8. The third-order valence-electron chi connectivity index (χ3n) is 5.44. The second-order valence-electron chi connectivity index (χ2n) is 7.41. The molecule has 1 fully saturated rings. The number of thiophene rings is 1. The number of carbonyl (C=O) groups is 1. The lowest BCUT2D eigenvalue weighted by molar-refractivity contribution is -0.131. The fraction of sp³-hybridized carbons (Fsp3) is 0.273. The molecule has 5 heterocycles. The summed E-state index contributed by atoms with van der Waals surface area (Å²) in [6.45, 7) is 1.51. The highest BCUT2D eigenvalue weighted by molar-refractivity contribution is 7.08. The molecule has 7 heteroatoms. The number of rotatable bonds is 4. The molecule has 0 saturated carbocycles. The number of carbonyl (C=O) groups excluding carboxylic acids is 1. The maximum absolute atomic E-state index is 12.7. The van der Waals surface area contributed by atoms with E-state index in [0.29, 0.717) is 13.0 Å². The zero-order valence-electron chi connectivity index (χ0n) is 15.9. The van der Waals surface area contributed by atoms with Crippen LogP contribution < -0.4 is 0 Å². The third-order valence-corrected chi connectivity index (χ3v) is 6.17.